The molecule has 6 heteroatoms. The first kappa shape index (κ1) is 19.7. The molecule has 0 saturated carbocycles. The molecule has 0 aromatic heterocycles. The highest BCUT2D eigenvalue weighted by Gasteiger charge is 2.04. The fraction of sp³-hybridized carbons (Fsp3) is 0.533. The number of rotatable bonds is 10. The van der Waals surface area contributed by atoms with Gasteiger partial charge in [0.25, 0.3) is 5.91 Å². The summed E-state index contributed by atoms with van der Waals surface area (Å²) in [6.07, 6.45) is 1.77. The lowest BCUT2D eigenvalue weighted by atomic mass is 10.2. The third kappa shape index (κ3) is 8.55. The van der Waals surface area contributed by atoms with Crippen LogP contribution in [0.5, 0.6) is 5.75 Å². The molecule has 0 fully saturated rings. The Kier molecular flexibility index (Phi) is 11.7. The molecule has 1 aromatic rings. The van der Waals surface area contributed by atoms with Crippen molar-refractivity contribution in [2.45, 2.75) is 12.8 Å². The highest BCUT2D eigenvalue weighted by molar-refractivity contribution is 5.94. The second kappa shape index (κ2) is 12.4. The number of ether oxygens (including phenoxy) is 2. The Morgan fingerprint density at radius 1 is 1.10 bits per heavy atom. The van der Waals surface area contributed by atoms with E-state index in [2.05, 4.69) is 10.6 Å². The minimum atomic E-state index is -0.0490. The lowest BCUT2D eigenvalue weighted by Gasteiger charge is -2.08. The SMILES string of the molecule is CNCCCNC(=O)c1ccc(OCCCOC)cc1.Cl. The van der Waals surface area contributed by atoms with Crippen LogP contribution in [-0.2, 0) is 4.74 Å². The van der Waals surface area contributed by atoms with Crippen LogP contribution in [0.3, 0.4) is 0 Å². The van der Waals surface area contributed by atoms with Crippen LogP contribution in [0.1, 0.15) is 23.2 Å². The van der Waals surface area contributed by atoms with Gasteiger partial charge in [-0.3, -0.25) is 4.79 Å². The van der Waals surface area contributed by atoms with Crippen molar-refractivity contribution in [2.75, 3.05) is 40.5 Å². The maximum absolute atomic E-state index is 11.8. The van der Waals surface area contributed by atoms with Crippen molar-refractivity contribution < 1.29 is 14.3 Å². The first-order valence-electron chi connectivity index (χ1n) is 6.92. The van der Waals surface area contributed by atoms with Crippen molar-refractivity contribution in [2.24, 2.45) is 0 Å². The van der Waals surface area contributed by atoms with Crippen molar-refractivity contribution in [3.63, 3.8) is 0 Å². The molecule has 1 amide bonds. The first-order chi connectivity index (χ1) is 9.77. The molecule has 21 heavy (non-hydrogen) atoms. The number of methoxy groups -OCH3 is 1. The minimum Gasteiger partial charge on any atom is -0.494 e. The van der Waals surface area contributed by atoms with E-state index in [4.69, 9.17) is 9.47 Å². The Morgan fingerprint density at radius 2 is 1.81 bits per heavy atom. The number of benzene rings is 1. The molecule has 0 bridgehead atoms. The van der Waals surface area contributed by atoms with E-state index < -0.39 is 0 Å². The highest BCUT2D eigenvalue weighted by atomic mass is 35.5. The lowest BCUT2D eigenvalue weighted by Crippen LogP contribution is -2.26. The Hall–Kier alpha value is -1.30. The van der Waals surface area contributed by atoms with Crippen LogP contribution in [0.15, 0.2) is 24.3 Å². The summed E-state index contributed by atoms with van der Waals surface area (Å²) in [7, 11) is 3.57. The van der Waals surface area contributed by atoms with Crippen molar-refractivity contribution in [3.05, 3.63) is 29.8 Å². The van der Waals surface area contributed by atoms with Crippen molar-refractivity contribution >= 4 is 18.3 Å². The molecule has 0 aliphatic carbocycles. The summed E-state index contributed by atoms with van der Waals surface area (Å²) in [5.74, 6) is 0.722. The summed E-state index contributed by atoms with van der Waals surface area (Å²) >= 11 is 0. The zero-order chi connectivity index (χ0) is 14.6. The van der Waals surface area contributed by atoms with E-state index in [1.807, 2.05) is 19.2 Å². The fourth-order valence-corrected chi connectivity index (χ4v) is 1.66. The van der Waals surface area contributed by atoms with Gasteiger partial charge >= 0.3 is 0 Å². The van der Waals surface area contributed by atoms with E-state index in [0.29, 0.717) is 25.3 Å². The molecular weight excluding hydrogens is 292 g/mol. The summed E-state index contributed by atoms with van der Waals surface area (Å²) in [6.45, 7) is 2.87. The van der Waals surface area contributed by atoms with Crippen molar-refractivity contribution in [1.82, 2.24) is 10.6 Å². The normalized spacial score (nSPS) is 9.81. The average Bonchev–Trinajstić information content (AvgIpc) is 2.48. The predicted octanol–water partition coefficient (Wildman–Crippen LogP) is 1.86. The van der Waals surface area contributed by atoms with E-state index >= 15 is 0 Å². The van der Waals surface area contributed by atoms with Gasteiger partial charge in [0.2, 0.25) is 0 Å². The average molecular weight is 317 g/mol. The van der Waals surface area contributed by atoms with Crippen molar-refractivity contribution in [3.8, 4) is 5.75 Å². The molecule has 0 unspecified atom stereocenters. The molecule has 0 aliphatic rings. The molecule has 120 valence electrons. The molecule has 0 heterocycles. The fourth-order valence-electron chi connectivity index (χ4n) is 1.66. The van der Waals surface area contributed by atoms with Gasteiger partial charge < -0.3 is 20.1 Å². The van der Waals surface area contributed by atoms with Gasteiger partial charge in [-0.1, -0.05) is 0 Å². The van der Waals surface area contributed by atoms with Gasteiger partial charge in [-0.05, 0) is 44.3 Å². The standard InChI is InChI=1S/C15H24N2O3.ClH/c1-16-9-3-10-17-15(18)13-5-7-14(8-6-13)20-12-4-11-19-2;/h5-8,16H,3-4,9-12H2,1-2H3,(H,17,18);1H. The van der Waals surface area contributed by atoms with Crippen molar-refractivity contribution in [1.29, 1.82) is 0 Å². The summed E-state index contributed by atoms with van der Waals surface area (Å²) in [5.41, 5.74) is 0.652. The second-order valence-corrected chi connectivity index (χ2v) is 4.43. The van der Waals surface area contributed by atoms with Crippen LogP contribution in [-0.4, -0.2) is 46.4 Å². The number of halogens is 1. The minimum absolute atomic E-state index is 0. The Bertz CT molecular complexity index is 385. The van der Waals surface area contributed by atoms with Gasteiger partial charge in [0.15, 0.2) is 0 Å². The smallest absolute Gasteiger partial charge is 0.251 e. The summed E-state index contributed by atoms with van der Waals surface area (Å²) < 4.78 is 10.5. The molecule has 0 spiro atoms. The number of carbonyl (C=O) groups is 1. The monoisotopic (exact) mass is 316 g/mol. The van der Waals surface area contributed by atoms with Gasteiger partial charge in [0.1, 0.15) is 5.75 Å². The Morgan fingerprint density at radius 3 is 2.43 bits per heavy atom. The molecule has 0 saturated heterocycles. The number of amides is 1. The Labute approximate surface area is 132 Å². The van der Waals surface area contributed by atoms with Crippen LogP contribution < -0.4 is 15.4 Å². The number of nitrogens with one attached hydrogen (secondary N) is 2. The highest BCUT2D eigenvalue weighted by Crippen LogP contribution is 2.12. The molecule has 2 N–H and O–H groups in total. The van der Waals surface area contributed by atoms with Crippen LogP contribution in [0.25, 0.3) is 0 Å². The van der Waals surface area contributed by atoms with E-state index in [1.54, 1.807) is 19.2 Å². The van der Waals surface area contributed by atoms with Crippen LogP contribution >= 0.6 is 12.4 Å². The zero-order valence-corrected chi connectivity index (χ0v) is 13.5. The maximum atomic E-state index is 11.8. The summed E-state index contributed by atoms with van der Waals surface area (Å²) in [5, 5.41) is 5.92. The molecule has 0 atom stereocenters. The van der Waals surface area contributed by atoms with E-state index in [-0.39, 0.29) is 18.3 Å². The molecule has 5 nitrogen and oxygen atoms in total. The number of hydrogen-bond donors (Lipinski definition) is 2. The van der Waals surface area contributed by atoms with Gasteiger partial charge in [-0.25, -0.2) is 0 Å². The maximum Gasteiger partial charge on any atom is 0.251 e. The van der Waals surface area contributed by atoms with E-state index in [1.165, 1.54) is 0 Å². The molecular formula is C15H25ClN2O3. The lowest BCUT2D eigenvalue weighted by molar-refractivity contribution is 0.0953. The summed E-state index contributed by atoms with van der Waals surface area (Å²) in [4.78, 5) is 11.8. The number of hydrogen-bond acceptors (Lipinski definition) is 4. The quantitative estimate of drug-likeness (QED) is 0.647. The first-order valence-corrected chi connectivity index (χ1v) is 6.92. The van der Waals surface area contributed by atoms with E-state index in [9.17, 15) is 4.79 Å². The van der Waals surface area contributed by atoms with Gasteiger partial charge in [0.05, 0.1) is 6.61 Å². The predicted molar refractivity (Wildman–Crippen MR) is 86.6 cm³/mol. The van der Waals surface area contributed by atoms with Gasteiger partial charge in [-0.2, -0.15) is 0 Å². The number of carbonyl (C=O) groups excluding carboxylic acids is 1. The van der Waals surface area contributed by atoms with Gasteiger partial charge in [0, 0.05) is 32.2 Å². The molecule has 1 rings (SSSR count). The van der Waals surface area contributed by atoms with Gasteiger partial charge in [-0.15, -0.1) is 12.4 Å². The zero-order valence-electron chi connectivity index (χ0n) is 12.7. The van der Waals surface area contributed by atoms with Crippen LogP contribution in [0.2, 0.25) is 0 Å². The third-order valence-electron chi connectivity index (χ3n) is 2.77. The topological polar surface area (TPSA) is 59.6 Å². The van der Waals surface area contributed by atoms with Crippen LogP contribution in [0.4, 0.5) is 0 Å². The summed E-state index contributed by atoms with van der Waals surface area (Å²) in [6, 6.07) is 7.18. The third-order valence-corrected chi connectivity index (χ3v) is 2.77. The molecule has 1 aromatic carbocycles. The van der Waals surface area contributed by atoms with Crippen LogP contribution in [0, 0.1) is 0 Å². The largest absolute Gasteiger partial charge is 0.494 e. The van der Waals surface area contributed by atoms with E-state index in [0.717, 1.165) is 25.1 Å². The molecule has 0 aliphatic heterocycles. The second-order valence-electron chi connectivity index (χ2n) is 4.43. The molecule has 0 radical (unpaired) electrons. The Balaban J connectivity index is 0.00000400.